The predicted octanol–water partition coefficient (Wildman–Crippen LogP) is 4.58. The zero-order chi connectivity index (χ0) is 23.4. The summed E-state index contributed by atoms with van der Waals surface area (Å²) in [6.07, 6.45) is 5.76. The topological polar surface area (TPSA) is 94.3 Å². The van der Waals surface area contributed by atoms with Gasteiger partial charge in [0.1, 0.15) is 0 Å². The van der Waals surface area contributed by atoms with Gasteiger partial charge in [-0.2, -0.15) is 0 Å². The van der Waals surface area contributed by atoms with Crippen LogP contribution in [0.2, 0.25) is 0 Å². The molecule has 0 saturated heterocycles. The smallest absolute Gasteiger partial charge is 0.296 e. The summed E-state index contributed by atoms with van der Waals surface area (Å²) in [6.45, 7) is 9.37. The van der Waals surface area contributed by atoms with E-state index in [-0.39, 0.29) is 5.69 Å². The summed E-state index contributed by atoms with van der Waals surface area (Å²) >= 11 is 0. The van der Waals surface area contributed by atoms with Crippen LogP contribution in [0, 0.1) is 12.8 Å². The van der Waals surface area contributed by atoms with Gasteiger partial charge in [0.15, 0.2) is 5.82 Å². The van der Waals surface area contributed by atoms with Crippen molar-refractivity contribution in [1.29, 1.82) is 0 Å². The number of aromatic nitrogens is 7. The van der Waals surface area contributed by atoms with Gasteiger partial charge in [-0.1, -0.05) is 39.3 Å². The Balaban J connectivity index is 1.74. The zero-order valence-electron chi connectivity index (χ0n) is 19.7. The van der Waals surface area contributed by atoms with E-state index in [2.05, 4.69) is 53.3 Å². The molecular weight excluding hydrogens is 414 g/mol. The summed E-state index contributed by atoms with van der Waals surface area (Å²) in [5.74, 6) is 1.11. The molecule has 3 aromatic heterocycles. The van der Waals surface area contributed by atoms with Crippen LogP contribution in [0.15, 0.2) is 47.4 Å². The molecule has 8 heteroatoms. The Bertz CT molecular complexity index is 1250. The minimum atomic E-state index is 0.0401. The molecular formula is C25H31N7O. The Morgan fingerprint density at radius 1 is 1.12 bits per heavy atom. The number of pyridine rings is 1. The second kappa shape index (κ2) is 9.94. The fourth-order valence-corrected chi connectivity index (χ4v) is 4.12. The van der Waals surface area contributed by atoms with Crippen LogP contribution in [0.3, 0.4) is 0 Å². The maximum atomic E-state index is 13.4. The van der Waals surface area contributed by atoms with E-state index in [0.29, 0.717) is 11.7 Å². The first-order chi connectivity index (χ1) is 16.0. The van der Waals surface area contributed by atoms with Crippen molar-refractivity contribution in [3.8, 4) is 28.3 Å². The maximum absolute atomic E-state index is 13.4. The fraction of sp³-hybridized carbons (Fsp3) is 0.400. The second-order valence-corrected chi connectivity index (χ2v) is 8.78. The van der Waals surface area contributed by atoms with Crippen molar-refractivity contribution in [2.24, 2.45) is 5.92 Å². The third-order valence-corrected chi connectivity index (χ3v) is 6.02. The molecule has 0 aliphatic heterocycles. The molecule has 0 radical (unpaired) electrons. The van der Waals surface area contributed by atoms with E-state index in [9.17, 15) is 4.79 Å². The molecule has 0 aliphatic rings. The summed E-state index contributed by atoms with van der Waals surface area (Å²) in [4.78, 5) is 18.0. The van der Waals surface area contributed by atoms with Crippen molar-refractivity contribution in [2.75, 3.05) is 0 Å². The van der Waals surface area contributed by atoms with Gasteiger partial charge in [0.25, 0.3) is 0 Å². The lowest BCUT2D eigenvalue weighted by molar-refractivity contribution is 0.501. The number of aromatic amines is 1. The molecule has 0 unspecified atom stereocenters. The Kier molecular flexibility index (Phi) is 6.82. The molecule has 4 aromatic rings. The van der Waals surface area contributed by atoms with Gasteiger partial charge in [0.05, 0.1) is 11.4 Å². The largest absolute Gasteiger partial charge is 0.333 e. The Hall–Kier alpha value is -3.55. The number of hydrogen-bond donors (Lipinski definition) is 1. The standard InChI is InChI=1S/C25H31N7O/c1-5-6-9-22-18(4)31(16-14-17(2)3)25(33)32(22)20-12-10-19(11-13-20)23-21(8-7-15-26-23)24-27-29-30-28-24/h7-8,10-13,15,17H,5-6,9,14,16H2,1-4H3,(H,27,28,29,30). The summed E-state index contributed by atoms with van der Waals surface area (Å²) < 4.78 is 3.82. The number of tetrazole rings is 1. The minimum Gasteiger partial charge on any atom is -0.296 e. The molecule has 0 amide bonds. The number of benzene rings is 1. The molecule has 0 bridgehead atoms. The van der Waals surface area contributed by atoms with E-state index < -0.39 is 0 Å². The van der Waals surface area contributed by atoms with Crippen LogP contribution >= 0.6 is 0 Å². The highest BCUT2D eigenvalue weighted by molar-refractivity contribution is 5.77. The molecule has 172 valence electrons. The second-order valence-electron chi connectivity index (χ2n) is 8.78. The van der Waals surface area contributed by atoms with E-state index in [0.717, 1.165) is 66.1 Å². The van der Waals surface area contributed by atoms with E-state index in [4.69, 9.17) is 0 Å². The molecule has 0 spiro atoms. The van der Waals surface area contributed by atoms with Crippen molar-refractivity contribution in [3.05, 3.63) is 64.5 Å². The molecule has 0 saturated carbocycles. The number of nitrogens with zero attached hydrogens (tertiary/aromatic N) is 6. The fourth-order valence-electron chi connectivity index (χ4n) is 4.12. The van der Waals surface area contributed by atoms with Gasteiger partial charge in [-0.25, -0.2) is 9.89 Å². The molecule has 0 aliphatic carbocycles. The Morgan fingerprint density at radius 3 is 2.58 bits per heavy atom. The quantitative estimate of drug-likeness (QED) is 0.407. The number of nitrogens with one attached hydrogen (secondary N) is 1. The first-order valence-electron chi connectivity index (χ1n) is 11.6. The highest BCUT2D eigenvalue weighted by Gasteiger charge is 2.18. The van der Waals surface area contributed by atoms with E-state index in [1.807, 2.05) is 45.5 Å². The minimum absolute atomic E-state index is 0.0401. The number of H-pyrrole nitrogens is 1. The van der Waals surface area contributed by atoms with Crippen molar-refractivity contribution >= 4 is 0 Å². The number of rotatable bonds is 9. The third kappa shape index (κ3) is 4.65. The highest BCUT2D eigenvalue weighted by Crippen LogP contribution is 2.28. The Morgan fingerprint density at radius 2 is 1.91 bits per heavy atom. The summed E-state index contributed by atoms with van der Waals surface area (Å²) in [5, 5.41) is 14.2. The van der Waals surface area contributed by atoms with Crippen molar-refractivity contribution in [3.63, 3.8) is 0 Å². The lowest BCUT2D eigenvalue weighted by atomic mass is 10.0. The van der Waals surface area contributed by atoms with Crippen LogP contribution in [0.1, 0.15) is 51.4 Å². The first kappa shape index (κ1) is 22.6. The molecule has 33 heavy (non-hydrogen) atoms. The number of imidazole rings is 1. The molecule has 0 atom stereocenters. The third-order valence-electron chi connectivity index (χ3n) is 6.02. The summed E-state index contributed by atoms with van der Waals surface area (Å²) in [6, 6.07) is 11.8. The van der Waals surface area contributed by atoms with Gasteiger partial charge < -0.3 is 0 Å². The first-order valence-corrected chi connectivity index (χ1v) is 11.6. The molecule has 8 nitrogen and oxygen atoms in total. The van der Waals surface area contributed by atoms with Gasteiger partial charge in [0, 0.05) is 35.3 Å². The summed E-state index contributed by atoms with van der Waals surface area (Å²) in [7, 11) is 0. The van der Waals surface area contributed by atoms with Gasteiger partial charge in [0.2, 0.25) is 0 Å². The van der Waals surface area contributed by atoms with Crippen LogP contribution in [-0.4, -0.2) is 34.7 Å². The monoisotopic (exact) mass is 445 g/mol. The lowest BCUT2D eigenvalue weighted by Gasteiger charge is -2.10. The van der Waals surface area contributed by atoms with Crippen molar-refractivity contribution < 1.29 is 0 Å². The zero-order valence-corrected chi connectivity index (χ0v) is 19.7. The molecule has 1 N–H and O–H groups in total. The van der Waals surface area contributed by atoms with Gasteiger partial charge in [-0.05, 0) is 66.8 Å². The normalized spacial score (nSPS) is 11.4. The predicted molar refractivity (Wildman–Crippen MR) is 129 cm³/mol. The van der Waals surface area contributed by atoms with Gasteiger partial charge in [-0.3, -0.25) is 14.1 Å². The molecule has 1 aromatic carbocycles. The van der Waals surface area contributed by atoms with Crippen LogP contribution in [0.5, 0.6) is 0 Å². The molecule has 4 rings (SSSR count). The maximum Gasteiger partial charge on any atom is 0.333 e. The SMILES string of the molecule is CCCCc1c(C)n(CCC(C)C)c(=O)n1-c1ccc(-c2ncccc2-c2nnn[nH]2)cc1. The van der Waals surface area contributed by atoms with Crippen molar-refractivity contribution in [1.82, 2.24) is 34.7 Å². The lowest BCUT2D eigenvalue weighted by Crippen LogP contribution is -2.25. The van der Waals surface area contributed by atoms with Crippen LogP contribution in [-0.2, 0) is 13.0 Å². The van der Waals surface area contributed by atoms with Crippen molar-refractivity contribution in [2.45, 2.75) is 59.9 Å². The van der Waals surface area contributed by atoms with E-state index in [1.165, 1.54) is 0 Å². The van der Waals surface area contributed by atoms with E-state index >= 15 is 0 Å². The van der Waals surface area contributed by atoms with Crippen LogP contribution in [0.4, 0.5) is 0 Å². The number of hydrogen-bond acceptors (Lipinski definition) is 5. The number of unbranched alkanes of at least 4 members (excludes halogenated alkanes) is 1. The average molecular weight is 446 g/mol. The van der Waals surface area contributed by atoms with Crippen LogP contribution < -0.4 is 5.69 Å². The van der Waals surface area contributed by atoms with E-state index in [1.54, 1.807) is 6.20 Å². The molecule has 0 fully saturated rings. The van der Waals surface area contributed by atoms with Crippen LogP contribution in [0.25, 0.3) is 28.3 Å². The van der Waals surface area contributed by atoms with Gasteiger partial charge >= 0.3 is 5.69 Å². The molecule has 3 heterocycles. The average Bonchev–Trinajstić information content (AvgIpc) is 3.43. The highest BCUT2D eigenvalue weighted by atomic mass is 16.1. The Labute approximate surface area is 193 Å². The summed E-state index contributed by atoms with van der Waals surface area (Å²) in [5.41, 5.74) is 5.63. The van der Waals surface area contributed by atoms with Gasteiger partial charge in [-0.15, -0.1) is 5.10 Å².